The molecule has 2 amide bonds. The van der Waals surface area contributed by atoms with Crippen molar-refractivity contribution in [2.24, 2.45) is 5.92 Å². The zero-order valence-corrected chi connectivity index (χ0v) is 17.8. The molecule has 0 saturated carbocycles. The van der Waals surface area contributed by atoms with E-state index in [9.17, 15) is 9.59 Å². The highest BCUT2D eigenvalue weighted by Gasteiger charge is 2.40. The van der Waals surface area contributed by atoms with Crippen LogP contribution in [0.4, 0.5) is 0 Å². The molecular weight excluding hydrogens is 386 g/mol. The molecule has 0 spiro atoms. The summed E-state index contributed by atoms with van der Waals surface area (Å²) in [5.41, 5.74) is 4.54. The number of carbonyl (C=O) groups excluding carboxylic acids is 2. The lowest BCUT2D eigenvalue weighted by atomic mass is 9.97. The number of aryl methyl sites for hydroxylation is 1. The molecule has 0 bridgehead atoms. The Labute approximate surface area is 182 Å². The number of nitrogens with zero attached hydrogens (tertiary/aromatic N) is 3. The molecular formula is C26H27N3O2. The maximum atomic E-state index is 13.6. The van der Waals surface area contributed by atoms with E-state index in [1.54, 1.807) is 0 Å². The van der Waals surface area contributed by atoms with Crippen molar-refractivity contribution in [3.05, 3.63) is 95.3 Å². The standard InChI is InChI=1S/C26H27N3O2/c1-19-9-11-20(12-10-19)17-28-18-22(16-24(28)30)26(31)29-15-14-27-13-5-8-23(27)25(29)21-6-3-2-4-7-21/h2-13,22,25H,14-18H2,1H3. The van der Waals surface area contributed by atoms with Gasteiger partial charge in [0.05, 0.1) is 12.0 Å². The van der Waals surface area contributed by atoms with Crippen LogP contribution in [-0.4, -0.2) is 39.3 Å². The summed E-state index contributed by atoms with van der Waals surface area (Å²) in [6.45, 7) is 4.55. The van der Waals surface area contributed by atoms with Crippen LogP contribution in [0.5, 0.6) is 0 Å². The summed E-state index contributed by atoms with van der Waals surface area (Å²) in [6.07, 6.45) is 2.37. The van der Waals surface area contributed by atoms with Gasteiger partial charge in [-0.05, 0) is 30.2 Å². The lowest BCUT2D eigenvalue weighted by Crippen LogP contribution is -2.45. The number of carbonyl (C=O) groups is 2. The molecule has 2 unspecified atom stereocenters. The predicted octanol–water partition coefficient (Wildman–Crippen LogP) is 3.78. The molecule has 5 rings (SSSR count). The van der Waals surface area contributed by atoms with Gasteiger partial charge in [0, 0.05) is 44.5 Å². The van der Waals surface area contributed by atoms with Gasteiger partial charge in [-0.2, -0.15) is 0 Å². The SMILES string of the molecule is Cc1ccc(CN2CC(C(=O)N3CCn4cccc4C3c3ccccc3)CC2=O)cc1. The molecule has 31 heavy (non-hydrogen) atoms. The molecule has 2 aromatic carbocycles. The Hall–Kier alpha value is -3.34. The van der Waals surface area contributed by atoms with E-state index in [2.05, 4.69) is 60.2 Å². The lowest BCUT2D eigenvalue weighted by Gasteiger charge is -2.38. The number of hydrogen-bond acceptors (Lipinski definition) is 2. The minimum Gasteiger partial charge on any atom is -0.348 e. The first-order valence-corrected chi connectivity index (χ1v) is 10.9. The van der Waals surface area contributed by atoms with Crippen LogP contribution in [0.2, 0.25) is 0 Å². The van der Waals surface area contributed by atoms with Gasteiger partial charge in [-0.3, -0.25) is 9.59 Å². The highest BCUT2D eigenvalue weighted by molar-refractivity contribution is 5.89. The van der Waals surface area contributed by atoms with Crippen molar-refractivity contribution >= 4 is 11.8 Å². The lowest BCUT2D eigenvalue weighted by molar-refractivity contribution is -0.138. The van der Waals surface area contributed by atoms with Crippen molar-refractivity contribution < 1.29 is 9.59 Å². The van der Waals surface area contributed by atoms with Crippen molar-refractivity contribution in [1.29, 1.82) is 0 Å². The Balaban J connectivity index is 1.36. The maximum Gasteiger partial charge on any atom is 0.228 e. The van der Waals surface area contributed by atoms with Gasteiger partial charge in [0.25, 0.3) is 0 Å². The highest BCUT2D eigenvalue weighted by atomic mass is 16.2. The minimum atomic E-state index is -0.286. The summed E-state index contributed by atoms with van der Waals surface area (Å²) in [7, 11) is 0. The average Bonchev–Trinajstić information content (AvgIpc) is 3.41. The number of rotatable bonds is 4. The molecule has 5 nitrogen and oxygen atoms in total. The molecule has 5 heteroatoms. The van der Waals surface area contributed by atoms with E-state index in [0.29, 0.717) is 26.1 Å². The molecule has 1 fully saturated rings. The summed E-state index contributed by atoms with van der Waals surface area (Å²) in [6, 6.07) is 22.5. The Kier molecular flexibility index (Phi) is 5.10. The largest absolute Gasteiger partial charge is 0.348 e. The average molecular weight is 414 g/mol. The normalized spacial score (nSPS) is 20.7. The van der Waals surface area contributed by atoms with E-state index in [1.807, 2.05) is 34.1 Å². The molecule has 0 radical (unpaired) electrons. The quantitative estimate of drug-likeness (QED) is 0.654. The van der Waals surface area contributed by atoms with E-state index in [4.69, 9.17) is 0 Å². The van der Waals surface area contributed by atoms with Gasteiger partial charge in [0.15, 0.2) is 0 Å². The van der Waals surface area contributed by atoms with Crippen molar-refractivity contribution in [3.8, 4) is 0 Å². The number of aromatic nitrogens is 1. The third-order valence-electron chi connectivity index (χ3n) is 6.49. The van der Waals surface area contributed by atoms with Gasteiger partial charge in [0.2, 0.25) is 11.8 Å². The second kappa shape index (κ2) is 8.06. The van der Waals surface area contributed by atoms with Crippen molar-refractivity contribution in [3.63, 3.8) is 0 Å². The molecule has 1 aromatic heterocycles. The van der Waals surface area contributed by atoms with Crippen LogP contribution in [-0.2, 0) is 22.7 Å². The molecule has 2 aliphatic rings. The molecule has 3 aromatic rings. The predicted molar refractivity (Wildman–Crippen MR) is 119 cm³/mol. The van der Waals surface area contributed by atoms with Crippen molar-refractivity contribution in [2.45, 2.75) is 32.5 Å². The fraction of sp³-hybridized carbons (Fsp3) is 0.308. The topological polar surface area (TPSA) is 45.6 Å². The Morgan fingerprint density at radius 3 is 2.52 bits per heavy atom. The summed E-state index contributed by atoms with van der Waals surface area (Å²) in [5, 5.41) is 0. The third kappa shape index (κ3) is 3.76. The zero-order valence-electron chi connectivity index (χ0n) is 17.8. The fourth-order valence-electron chi connectivity index (χ4n) is 4.85. The summed E-state index contributed by atoms with van der Waals surface area (Å²) in [5.74, 6) is -0.137. The van der Waals surface area contributed by atoms with Crippen LogP contribution in [0, 0.1) is 12.8 Å². The molecule has 2 atom stereocenters. The second-order valence-corrected chi connectivity index (χ2v) is 8.63. The van der Waals surface area contributed by atoms with Gasteiger partial charge in [0.1, 0.15) is 0 Å². The van der Waals surface area contributed by atoms with Gasteiger partial charge >= 0.3 is 0 Å². The van der Waals surface area contributed by atoms with E-state index >= 15 is 0 Å². The number of amides is 2. The van der Waals surface area contributed by atoms with Crippen LogP contribution in [0.25, 0.3) is 0 Å². The number of fused-ring (bicyclic) bond motifs is 1. The van der Waals surface area contributed by atoms with Gasteiger partial charge in [-0.1, -0.05) is 60.2 Å². The summed E-state index contributed by atoms with van der Waals surface area (Å²) < 4.78 is 2.23. The smallest absolute Gasteiger partial charge is 0.228 e. The Morgan fingerprint density at radius 2 is 1.74 bits per heavy atom. The van der Waals surface area contributed by atoms with Crippen LogP contribution in [0.15, 0.2) is 72.9 Å². The van der Waals surface area contributed by atoms with Gasteiger partial charge in [-0.25, -0.2) is 0 Å². The number of hydrogen-bond donors (Lipinski definition) is 0. The first-order chi connectivity index (χ1) is 15.1. The van der Waals surface area contributed by atoms with Crippen molar-refractivity contribution in [1.82, 2.24) is 14.4 Å². The summed E-state index contributed by atoms with van der Waals surface area (Å²) in [4.78, 5) is 30.2. The molecule has 0 aliphatic carbocycles. The maximum absolute atomic E-state index is 13.6. The fourth-order valence-corrected chi connectivity index (χ4v) is 4.85. The molecule has 0 N–H and O–H groups in total. The highest BCUT2D eigenvalue weighted by Crippen LogP contribution is 2.35. The van der Waals surface area contributed by atoms with Crippen LogP contribution in [0.3, 0.4) is 0 Å². The van der Waals surface area contributed by atoms with E-state index in [0.717, 1.165) is 23.4 Å². The van der Waals surface area contributed by atoms with Crippen molar-refractivity contribution in [2.75, 3.05) is 13.1 Å². The van der Waals surface area contributed by atoms with E-state index in [1.165, 1.54) is 5.56 Å². The summed E-state index contributed by atoms with van der Waals surface area (Å²) >= 11 is 0. The van der Waals surface area contributed by atoms with Gasteiger partial charge < -0.3 is 14.4 Å². The van der Waals surface area contributed by atoms with Crippen LogP contribution < -0.4 is 0 Å². The van der Waals surface area contributed by atoms with Gasteiger partial charge in [-0.15, -0.1) is 0 Å². The second-order valence-electron chi connectivity index (χ2n) is 8.63. The Bertz CT molecular complexity index is 1090. The Morgan fingerprint density at radius 1 is 0.968 bits per heavy atom. The zero-order chi connectivity index (χ0) is 21.4. The van der Waals surface area contributed by atoms with Crippen LogP contribution in [0.1, 0.15) is 34.8 Å². The van der Waals surface area contributed by atoms with E-state index in [-0.39, 0.29) is 23.8 Å². The molecule has 3 heterocycles. The molecule has 158 valence electrons. The third-order valence-corrected chi connectivity index (χ3v) is 6.49. The number of likely N-dealkylation sites (tertiary alicyclic amines) is 1. The molecule has 2 aliphatic heterocycles. The number of benzene rings is 2. The van der Waals surface area contributed by atoms with Crippen LogP contribution >= 0.6 is 0 Å². The monoisotopic (exact) mass is 413 g/mol. The van der Waals surface area contributed by atoms with E-state index < -0.39 is 0 Å². The minimum absolute atomic E-state index is 0.0653. The first kappa shape index (κ1) is 19.6. The molecule has 1 saturated heterocycles. The first-order valence-electron chi connectivity index (χ1n) is 10.9.